The average molecular weight is 1690 g/mol. The lowest BCUT2D eigenvalue weighted by molar-refractivity contribution is 0.0493. The van der Waals surface area contributed by atoms with Crippen molar-refractivity contribution in [3.63, 3.8) is 0 Å². The van der Waals surface area contributed by atoms with Gasteiger partial charge in [-0.15, -0.1) is 0 Å². The lowest BCUT2D eigenvalue weighted by atomic mass is 9.95. The Kier molecular flexibility index (Phi) is 23.1. The minimum absolute atomic E-state index is 0.112. The van der Waals surface area contributed by atoms with E-state index in [9.17, 15) is 46.3 Å². The first kappa shape index (κ1) is 83.4. The van der Waals surface area contributed by atoms with Crippen molar-refractivity contribution in [3.8, 4) is 45.7 Å². The van der Waals surface area contributed by atoms with Crippen LogP contribution >= 0.6 is 0 Å². The SMILES string of the molecule is CC1(F)CCN(C(=O)c2cnc3c(ccn3-c3ccc(N4CCOC4=O)nc3)c2)CC1.COC(=O)N(C)c1cncc(-n2ccc3cc(C(=O)N4CCC(C)(F)CC4)cnc32)c1.Cc1nc(-c2ccc(-n3ccc4cc(C(=O)N5CCC(C)(F)CC5)cnc43)cn2)no1.Cc1nc(-c2cncc(-n3ccc4cc(C(=O)N5CCC(C)(F)CC5)cnc43)c2)no1. The van der Waals surface area contributed by atoms with Gasteiger partial charge < -0.3 is 38.1 Å². The maximum atomic E-state index is 14.0. The van der Waals surface area contributed by atoms with E-state index in [-0.39, 0.29) is 23.6 Å². The minimum Gasteiger partial charge on any atom is -0.452 e. The highest BCUT2D eigenvalue weighted by Crippen LogP contribution is 2.35. The smallest absolute Gasteiger partial charge is 0.415 e. The Morgan fingerprint density at radius 2 is 0.790 bits per heavy atom. The fourth-order valence-electron chi connectivity index (χ4n) is 15.2. The highest BCUT2D eigenvalue weighted by molar-refractivity contribution is 6.00. The van der Waals surface area contributed by atoms with Gasteiger partial charge in [-0.05, 0) is 164 Å². The van der Waals surface area contributed by atoms with Crippen LogP contribution in [0.5, 0.6) is 0 Å². The monoisotopic (exact) mass is 1690 g/mol. The Labute approximate surface area is 707 Å². The number of likely N-dealkylation sites (tertiary alicyclic amines) is 4. The normalized spacial score (nSPS) is 16.5. The van der Waals surface area contributed by atoms with E-state index in [0.717, 1.165) is 49.8 Å². The number of nitrogens with zero attached hydrogens (tertiary/aromatic N) is 22. The van der Waals surface area contributed by atoms with Crippen molar-refractivity contribution in [2.24, 2.45) is 0 Å². The molecule has 0 unspecified atom stereocenters. The van der Waals surface area contributed by atoms with Crippen LogP contribution in [0.1, 0.15) is 132 Å². The van der Waals surface area contributed by atoms with Gasteiger partial charge in [-0.3, -0.25) is 62.2 Å². The van der Waals surface area contributed by atoms with Crippen molar-refractivity contribution in [2.75, 3.05) is 89.5 Å². The molecule has 0 N–H and O–H groups in total. The number of hydrogen-bond donors (Lipinski definition) is 0. The maximum Gasteiger partial charge on any atom is 0.415 e. The van der Waals surface area contributed by atoms with Crippen LogP contribution in [0.2, 0.25) is 0 Å². The number of ether oxygens (including phenoxy) is 2. The first-order valence-electron chi connectivity index (χ1n) is 40.5. The second-order valence-corrected chi connectivity index (χ2v) is 32.3. The molecule has 19 rings (SSSR count). The number of cyclic esters (lactones) is 1. The van der Waals surface area contributed by atoms with E-state index in [1.165, 1.54) is 16.9 Å². The molecule has 5 saturated heterocycles. The molecular formula is C88H88F4N22O10. The molecule has 5 fully saturated rings. The number of hydrogen-bond acceptors (Lipinski definition) is 22. The van der Waals surface area contributed by atoms with Crippen LogP contribution in [0.15, 0.2) is 181 Å². The standard InChI is InChI=1S/2C22H21FN6O2.C22H22FN5O3.C22H24FN5O3/c1-14-26-19(27-31-14)16-10-18(13-24-11-16)29-6-3-15-9-17(12-25-20(15)29)21(30)28-7-4-22(2,23)5-8-28;1-14-26-19(27-31-14)18-4-3-17(13-24-18)29-8-5-15-11-16(12-25-20(15)29)21(30)28-9-6-22(2,23)7-10-28;1-22(23)5-8-26(9-6-22)20(29)16-12-15-4-7-27(19(15)25-13-16)17-2-3-18(24-14-17)28-10-11-31-21(28)30;1-22(23)5-8-27(9-6-22)20(29)16-10-15-4-7-28(19(15)25-12-16)18-11-17(13-24-14-18)26(2)21(30)31-3/h3,6,9-13H,4-5,7-8H2,1-2H3;3-5,8,11-13H,6-7,9-10H2,1-2H3;2-4,7,12-14H,5-6,8-11H2,1H3;4,7,10-14H,5-6,8-9H2,1-3H3. The van der Waals surface area contributed by atoms with Gasteiger partial charge in [-0.2, -0.15) is 9.97 Å². The Hall–Kier alpha value is -14.2. The minimum atomic E-state index is -1.21. The molecule has 0 spiro atoms. The highest BCUT2D eigenvalue weighted by atomic mass is 19.2. The molecule has 32 nitrogen and oxygen atoms in total. The number of aryl methyl sites for hydroxylation is 2. The molecule has 5 aliphatic rings. The summed E-state index contributed by atoms with van der Waals surface area (Å²) in [5.74, 6) is 1.92. The first-order chi connectivity index (χ1) is 59.5. The largest absolute Gasteiger partial charge is 0.452 e. The van der Waals surface area contributed by atoms with Crippen molar-refractivity contribution in [1.82, 2.24) is 98.0 Å². The van der Waals surface area contributed by atoms with Gasteiger partial charge in [0.15, 0.2) is 0 Å². The lowest BCUT2D eigenvalue weighted by Crippen LogP contribution is -2.43. The molecule has 0 aliphatic carbocycles. The van der Waals surface area contributed by atoms with E-state index >= 15 is 0 Å². The molecule has 0 saturated carbocycles. The third-order valence-electron chi connectivity index (χ3n) is 22.9. The molecule has 0 radical (unpaired) electrons. The fraction of sp³-hybridized carbons (Fsp3) is 0.341. The topological polar surface area (TPSA) is 341 Å². The number of amides is 6. The molecule has 638 valence electrons. The number of anilines is 2. The maximum absolute atomic E-state index is 14.0. The number of rotatable bonds is 12. The van der Waals surface area contributed by atoms with E-state index in [2.05, 4.69) is 60.2 Å². The van der Waals surface area contributed by atoms with Crippen molar-refractivity contribution in [2.45, 2.75) is 116 Å². The van der Waals surface area contributed by atoms with Gasteiger partial charge in [0.2, 0.25) is 23.4 Å². The number of carbonyl (C=O) groups is 6. The Balaban J connectivity index is 0.000000122. The van der Waals surface area contributed by atoms with Gasteiger partial charge in [0.25, 0.3) is 23.6 Å². The fourth-order valence-corrected chi connectivity index (χ4v) is 15.2. The lowest BCUT2D eigenvalue weighted by Gasteiger charge is -2.34. The number of piperidine rings is 4. The molecule has 124 heavy (non-hydrogen) atoms. The Morgan fingerprint density at radius 1 is 0.419 bits per heavy atom. The second-order valence-electron chi connectivity index (χ2n) is 32.3. The van der Waals surface area contributed by atoms with Crippen LogP contribution in [-0.2, 0) is 9.47 Å². The molecule has 6 amide bonds. The number of methoxy groups -OCH3 is 1. The van der Waals surface area contributed by atoms with Gasteiger partial charge in [0.1, 0.15) is 63.4 Å². The third kappa shape index (κ3) is 18.2. The number of alkyl halides is 4. The molecule has 0 bridgehead atoms. The summed E-state index contributed by atoms with van der Waals surface area (Å²) in [6, 6.07) is 25.9. The van der Waals surface area contributed by atoms with Crippen LogP contribution < -0.4 is 9.80 Å². The van der Waals surface area contributed by atoms with Gasteiger partial charge in [0, 0.05) is 156 Å². The van der Waals surface area contributed by atoms with E-state index in [1.54, 1.807) is 148 Å². The average Bonchev–Trinajstić information content (AvgIpc) is 1.49. The Morgan fingerprint density at radius 3 is 1.14 bits per heavy atom. The van der Waals surface area contributed by atoms with Gasteiger partial charge >= 0.3 is 12.2 Å². The summed E-state index contributed by atoms with van der Waals surface area (Å²) < 4.78 is 83.4. The van der Waals surface area contributed by atoms with Crippen LogP contribution in [-0.4, -0.2) is 236 Å². The van der Waals surface area contributed by atoms with E-state index in [4.69, 9.17) is 18.5 Å². The highest BCUT2D eigenvalue weighted by Gasteiger charge is 2.37. The van der Waals surface area contributed by atoms with Crippen LogP contribution in [0.3, 0.4) is 0 Å². The molecule has 14 aromatic rings. The summed E-state index contributed by atoms with van der Waals surface area (Å²) in [6.07, 6.45) is 25.6. The molecule has 19 heterocycles. The third-order valence-corrected chi connectivity index (χ3v) is 22.9. The van der Waals surface area contributed by atoms with Gasteiger partial charge in [0.05, 0.1) is 95.3 Å². The zero-order chi connectivity index (χ0) is 86.9. The predicted molar refractivity (Wildman–Crippen MR) is 450 cm³/mol. The van der Waals surface area contributed by atoms with E-state index in [1.807, 2.05) is 110 Å². The van der Waals surface area contributed by atoms with Crippen molar-refractivity contribution in [1.29, 1.82) is 0 Å². The molecule has 0 atom stereocenters. The number of halogens is 4. The summed E-state index contributed by atoms with van der Waals surface area (Å²) in [7, 11) is 2.92. The van der Waals surface area contributed by atoms with E-state index in [0.29, 0.717) is 202 Å². The predicted octanol–water partition coefficient (Wildman–Crippen LogP) is 14.4. The van der Waals surface area contributed by atoms with Gasteiger partial charge in [-0.1, -0.05) is 10.3 Å². The van der Waals surface area contributed by atoms with Crippen molar-refractivity contribution >= 4 is 91.5 Å². The van der Waals surface area contributed by atoms with Crippen LogP contribution in [0, 0.1) is 13.8 Å². The van der Waals surface area contributed by atoms with E-state index < -0.39 is 34.9 Å². The molecular weight excluding hydrogens is 1600 g/mol. The zero-order valence-electron chi connectivity index (χ0n) is 69.3. The summed E-state index contributed by atoms with van der Waals surface area (Å²) in [4.78, 5) is 128. The van der Waals surface area contributed by atoms with Gasteiger partial charge in [-0.25, -0.2) is 52.1 Å². The zero-order valence-corrected chi connectivity index (χ0v) is 69.3. The number of fused-ring (bicyclic) bond motifs is 4. The number of aromatic nitrogens is 16. The number of carbonyl (C=O) groups excluding carboxylic acids is 6. The van der Waals surface area contributed by atoms with Crippen LogP contribution in [0.4, 0.5) is 38.7 Å². The summed E-state index contributed by atoms with van der Waals surface area (Å²) in [5, 5.41) is 11.1. The van der Waals surface area contributed by atoms with Crippen molar-refractivity contribution in [3.05, 3.63) is 206 Å². The molecule has 5 aliphatic heterocycles. The van der Waals surface area contributed by atoms with Crippen LogP contribution in [0.25, 0.3) is 89.8 Å². The second kappa shape index (κ2) is 34.4. The first-order valence-corrected chi connectivity index (χ1v) is 40.5. The summed E-state index contributed by atoms with van der Waals surface area (Å²) >= 11 is 0. The van der Waals surface area contributed by atoms with Crippen molar-refractivity contribution < 1.29 is 64.8 Å². The molecule has 36 heteroatoms. The quantitative estimate of drug-likeness (QED) is 0.103. The Bertz CT molecular complexity index is 6320. The number of pyridine rings is 8. The molecule has 0 aromatic carbocycles. The summed E-state index contributed by atoms with van der Waals surface area (Å²) in [5.41, 5.74) is 5.00. The summed E-state index contributed by atoms with van der Waals surface area (Å²) in [6.45, 7) is 13.9. The molecule has 14 aromatic heterocycles.